The van der Waals surface area contributed by atoms with E-state index in [0.29, 0.717) is 17.9 Å². The minimum Gasteiger partial charge on any atom is -0.496 e. The minimum atomic E-state index is -4.54. The van der Waals surface area contributed by atoms with Gasteiger partial charge in [0.15, 0.2) is 0 Å². The Kier molecular flexibility index (Phi) is 8.01. The topological polar surface area (TPSA) is 84.9 Å². The number of nitrogens with one attached hydrogen (secondary N) is 1. The number of carbonyl (C=O) groups is 2. The normalized spacial score (nSPS) is 11.1. The molecule has 0 radical (unpaired) electrons. The Morgan fingerprint density at radius 1 is 1.00 bits per heavy atom. The fourth-order valence-corrected chi connectivity index (χ4v) is 3.44. The summed E-state index contributed by atoms with van der Waals surface area (Å²) in [5.74, 6) is -0.491. The number of amides is 1. The van der Waals surface area contributed by atoms with Crippen LogP contribution in [0.5, 0.6) is 17.2 Å². The fourth-order valence-electron chi connectivity index (χ4n) is 3.44. The molecule has 3 aromatic carbocycles. The number of carboxylic acid groups (broad SMARTS) is 1. The number of halogens is 3. The minimum absolute atomic E-state index is 0.00799. The Labute approximate surface area is 200 Å². The van der Waals surface area contributed by atoms with E-state index in [0.717, 1.165) is 34.9 Å². The Bertz CT molecular complexity index is 1220. The third-order valence-corrected chi connectivity index (χ3v) is 5.28. The molecule has 3 rings (SSSR count). The molecule has 35 heavy (non-hydrogen) atoms. The molecule has 2 N–H and O–H groups in total. The van der Waals surface area contributed by atoms with Crippen molar-refractivity contribution in [3.8, 4) is 17.2 Å². The van der Waals surface area contributed by atoms with Crippen LogP contribution in [0.4, 0.5) is 13.2 Å². The Balaban J connectivity index is 1.65. The standard InChI is InChI=1S/C26H24F3NO5/c1-16-12-21(9-6-18(16)7-11-24(31)32)35-20-5-3-4-17(13-20)15-30-25(33)22-10-8-19(26(27,28)29)14-23(22)34-2/h3-6,8-10,12-14H,7,11,15H2,1-2H3,(H,30,33)(H,31,32). The van der Waals surface area contributed by atoms with Crippen molar-refractivity contribution in [3.63, 3.8) is 0 Å². The van der Waals surface area contributed by atoms with Gasteiger partial charge in [0.05, 0.1) is 18.2 Å². The highest BCUT2D eigenvalue weighted by atomic mass is 19.4. The van der Waals surface area contributed by atoms with E-state index in [2.05, 4.69) is 5.32 Å². The predicted molar refractivity (Wildman–Crippen MR) is 123 cm³/mol. The van der Waals surface area contributed by atoms with E-state index in [1.807, 2.05) is 19.1 Å². The van der Waals surface area contributed by atoms with E-state index in [9.17, 15) is 22.8 Å². The fraction of sp³-hybridized carbons (Fsp3) is 0.231. The number of benzene rings is 3. The zero-order valence-corrected chi connectivity index (χ0v) is 19.1. The highest BCUT2D eigenvalue weighted by Crippen LogP contribution is 2.33. The Hall–Kier alpha value is -4.01. The summed E-state index contributed by atoms with van der Waals surface area (Å²) in [5.41, 5.74) is 1.65. The molecule has 9 heteroatoms. The molecular formula is C26H24F3NO5. The number of ether oxygens (including phenoxy) is 2. The first-order valence-electron chi connectivity index (χ1n) is 10.7. The molecule has 0 spiro atoms. The molecule has 0 fully saturated rings. The maximum Gasteiger partial charge on any atom is 0.416 e. The van der Waals surface area contributed by atoms with Crippen LogP contribution in [-0.4, -0.2) is 24.1 Å². The van der Waals surface area contributed by atoms with Crippen LogP contribution in [0, 0.1) is 6.92 Å². The molecule has 0 atom stereocenters. The van der Waals surface area contributed by atoms with Crippen molar-refractivity contribution in [2.75, 3.05) is 7.11 Å². The van der Waals surface area contributed by atoms with Crippen LogP contribution in [-0.2, 0) is 23.9 Å². The van der Waals surface area contributed by atoms with E-state index >= 15 is 0 Å². The van der Waals surface area contributed by atoms with Crippen molar-refractivity contribution in [2.45, 2.75) is 32.5 Å². The summed E-state index contributed by atoms with van der Waals surface area (Å²) in [4.78, 5) is 23.3. The molecule has 3 aromatic rings. The number of alkyl halides is 3. The number of rotatable bonds is 9. The highest BCUT2D eigenvalue weighted by Gasteiger charge is 2.31. The van der Waals surface area contributed by atoms with Crippen molar-refractivity contribution in [1.29, 1.82) is 0 Å². The lowest BCUT2D eigenvalue weighted by atomic mass is 10.0. The summed E-state index contributed by atoms with van der Waals surface area (Å²) in [6.07, 6.45) is -4.06. The van der Waals surface area contributed by atoms with Gasteiger partial charge in [-0.25, -0.2) is 0 Å². The van der Waals surface area contributed by atoms with Gasteiger partial charge in [0.25, 0.3) is 5.91 Å². The first kappa shape index (κ1) is 25.6. The van der Waals surface area contributed by atoms with Crippen molar-refractivity contribution in [2.24, 2.45) is 0 Å². The number of carboxylic acids is 1. The van der Waals surface area contributed by atoms with Crippen molar-refractivity contribution < 1.29 is 37.3 Å². The lowest BCUT2D eigenvalue weighted by Gasteiger charge is -2.13. The monoisotopic (exact) mass is 487 g/mol. The summed E-state index contributed by atoms with van der Waals surface area (Å²) < 4.78 is 49.6. The van der Waals surface area contributed by atoms with Gasteiger partial charge in [-0.15, -0.1) is 0 Å². The van der Waals surface area contributed by atoms with Gasteiger partial charge in [0.1, 0.15) is 17.2 Å². The first-order chi connectivity index (χ1) is 16.6. The SMILES string of the molecule is COc1cc(C(F)(F)F)ccc1C(=O)NCc1cccc(Oc2ccc(CCC(=O)O)c(C)c2)c1. The molecule has 0 heterocycles. The van der Waals surface area contributed by atoms with Crippen LogP contribution in [0.25, 0.3) is 0 Å². The molecule has 6 nitrogen and oxygen atoms in total. The van der Waals surface area contributed by atoms with Gasteiger partial charge >= 0.3 is 12.1 Å². The van der Waals surface area contributed by atoms with E-state index in [1.165, 1.54) is 7.11 Å². The summed E-state index contributed by atoms with van der Waals surface area (Å²) in [6, 6.07) is 15.1. The highest BCUT2D eigenvalue weighted by molar-refractivity contribution is 5.97. The van der Waals surface area contributed by atoms with E-state index in [1.54, 1.807) is 30.3 Å². The molecule has 0 aliphatic rings. The number of carbonyl (C=O) groups excluding carboxylic acids is 1. The van der Waals surface area contributed by atoms with Gasteiger partial charge in [0.2, 0.25) is 0 Å². The third-order valence-electron chi connectivity index (χ3n) is 5.28. The molecule has 184 valence electrons. The quantitative estimate of drug-likeness (QED) is 0.401. The summed E-state index contributed by atoms with van der Waals surface area (Å²) >= 11 is 0. The van der Waals surface area contributed by atoms with Crippen molar-refractivity contribution in [3.05, 3.63) is 88.5 Å². The molecule has 0 saturated heterocycles. The number of aryl methyl sites for hydroxylation is 2. The summed E-state index contributed by atoms with van der Waals surface area (Å²) in [7, 11) is 1.20. The molecule has 0 bridgehead atoms. The number of methoxy groups -OCH3 is 1. The van der Waals surface area contributed by atoms with Gasteiger partial charge in [-0.05, 0) is 72.5 Å². The molecule has 1 amide bonds. The largest absolute Gasteiger partial charge is 0.496 e. The van der Waals surface area contributed by atoms with Crippen LogP contribution in [0.3, 0.4) is 0 Å². The van der Waals surface area contributed by atoms with Gasteiger partial charge in [-0.3, -0.25) is 9.59 Å². The third kappa shape index (κ3) is 6.99. The van der Waals surface area contributed by atoms with Crippen LogP contribution < -0.4 is 14.8 Å². The molecule has 0 aliphatic heterocycles. The van der Waals surface area contributed by atoms with Crippen molar-refractivity contribution in [1.82, 2.24) is 5.32 Å². The molecule has 0 aromatic heterocycles. The van der Waals surface area contributed by atoms with Crippen LogP contribution in [0.15, 0.2) is 60.7 Å². The van der Waals surface area contributed by atoms with E-state index < -0.39 is 23.6 Å². The first-order valence-corrected chi connectivity index (χ1v) is 10.7. The summed E-state index contributed by atoms with van der Waals surface area (Å²) in [5, 5.41) is 11.5. The van der Waals surface area contributed by atoms with E-state index in [-0.39, 0.29) is 24.3 Å². The average Bonchev–Trinajstić information content (AvgIpc) is 2.81. The Morgan fingerprint density at radius 2 is 1.74 bits per heavy atom. The Morgan fingerprint density at radius 3 is 2.40 bits per heavy atom. The van der Waals surface area contributed by atoms with Gasteiger partial charge < -0.3 is 19.9 Å². The lowest BCUT2D eigenvalue weighted by molar-refractivity contribution is -0.138. The second kappa shape index (κ2) is 10.9. The van der Waals surface area contributed by atoms with Crippen LogP contribution in [0.2, 0.25) is 0 Å². The average molecular weight is 487 g/mol. The maximum atomic E-state index is 12.9. The summed E-state index contributed by atoms with van der Waals surface area (Å²) in [6.45, 7) is 2.00. The zero-order chi connectivity index (χ0) is 25.6. The lowest BCUT2D eigenvalue weighted by Crippen LogP contribution is -2.23. The second-order valence-corrected chi connectivity index (χ2v) is 7.83. The second-order valence-electron chi connectivity index (χ2n) is 7.83. The van der Waals surface area contributed by atoms with Gasteiger partial charge in [-0.2, -0.15) is 13.2 Å². The van der Waals surface area contributed by atoms with Gasteiger partial charge in [-0.1, -0.05) is 18.2 Å². The number of hydrogen-bond donors (Lipinski definition) is 2. The zero-order valence-electron chi connectivity index (χ0n) is 19.1. The molecular weight excluding hydrogens is 463 g/mol. The molecule has 0 unspecified atom stereocenters. The maximum absolute atomic E-state index is 12.9. The predicted octanol–water partition coefficient (Wildman–Crippen LogP) is 5.76. The van der Waals surface area contributed by atoms with E-state index in [4.69, 9.17) is 14.6 Å². The number of aliphatic carboxylic acids is 1. The molecule has 0 aliphatic carbocycles. The van der Waals surface area contributed by atoms with Crippen molar-refractivity contribution >= 4 is 11.9 Å². The smallest absolute Gasteiger partial charge is 0.416 e. The van der Waals surface area contributed by atoms with Crippen LogP contribution >= 0.6 is 0 Å². The number of hydrogen-bond acceptors (Lipinski definition) is 4. The van der Waals surface area contributed by atoms with Gasteiger partial charge in [0, 0.05) is 13.0 Å². The van der Waals surface area contributed by atoms with Crippen LogP contribution in [0.1, 0.15) is 39.0 Å². The molecule has 0 saturated carbocycles.